The van der Waals surface area contributed by atoms with Crippen molar-refractivity contribution in [2.24, 2.45) is 5.14 Å². The number of nitrogens with two attached hydrogens (primary N) is 1. The van der Waals surface area contributed by atoms with Crippen LogP contribution >= 0.6 is 11.3 Å². The van der Waals surface area contributed by atoms with E-state index in [1.54, 1.807) is 11.3 Å². The Labute approximate surface area is 128 Å². The van der Waals surface area contributed by atoms with Crippen LogP contribution in [0.3, 0.4) is 0 Å². The predicted molar refractivity (Wildman–Crippen MR) is 87.4 cm³/mol. The van der Waals surface area contributed by atoms with E-state index in [2.05, 4.69) is 20.6 Å². The zero-order chi connectivity index (χ0) is 15.5. The molecule has 4 N–H and O–H groups in total. The number of anilines is 2. The lowest BCUT2D eigenvalue weighted by Crippen LogP contribution is -2.19. The van der Waals surface area contributed by atoms with E-state index < -0.39 is 10.0 Å². The summed E-state index contributed by atoms with van der Waals surface area (Å²) in [5.74, 6) is 1.24. The average molecular weight is 329 g/mol. The zero-order valence-corrected chi connectivity index (χ0v) is 13.6. The minimum absolute atomic E-state index is 0.0447. The number of primary sulfonamides is 1. The standard InChI is InChI=1S/C12H19N5O2S2/c1-3-14-12-16-10(15-5-4-6-21(13,18)19)9-7-8(2)20-11(9)17-12/h7H,3-6H2,1-2H3,(H2,13,18,19)(H2,14,15,16,17). The molecular weight excluding hydrogens is 310 g/mol. The Morgan fingerprint density at radius 2 is 2.10 bits per heavy atom. The summed E-state index contributed by atoms with van der Waals surface area (Å²) in [4.78, 5) is 10.9. The van der Waals surface area contributed by atoms with E-state index in [0.29, 0.717) is 18.9 Å². The molecule has 0 aliphatic carbocycles. The first-order valence-corrected chi connectivity index (χ1v) is 9.18. The first-order valence-electron chi connectivity index (χ1n) is 6.65. The fourth-order valence-corrected chi connectivity index (χ4v) is 3.32. The highest BCUT2D eigenvalue weighted by molar-refractivity contribution is 7.89. The van der Waals surface area contributed by atoms with Crippen molar-refractivity contribution in [1.29, 1.82) is 0 Å². The quantitative estimate of drug-likeness (QED) is 0.664. The molecule has 7 nitrogen and oxygen atoms in total. The van der Waals surface area contributed by atoms with E-state index in [1.165, 1.54) is 0 Å². The number of hydrogen-bond donors (Lipinski definition) is 3. The van der Waals surface area contributed by atoms with Crippen molar-refractivity contribution < 1.29 is 8.42 Å². The van der Waals surface area contributed by atoms with Crippen molar-refractivity contribution in [3.8, 4) is 0 Å². The van der Waals surface area contributed by atoms with Gasteiger partial charge in [0.15, 0.2) is 0 Å². The number of fused-ring (bicyclic) bond motifs is 1. The Morgan fingerprint density at radius 3 is 2.76 bits per heavy atom. The second-order valence-corrected chi connectivity index (χ2v) is 7.62. The van der Waals surface area contributed by atoms with E-state index in [1.807, 2.05) is 19.9 Å². The topological polar surface area (TPSA) is 110 Å². The van der Waals surface area contributed by atoms with E-state index >= 15 is 0 Å². The Bertz CT molecular complexity index is 727. The number of sulfonamides is 1. The van der Waals surface area contributed by atoms with Gasteiger partial charge in [-0.25, -0.2) is 18.5 Å². The van der Waals surface area contributed by atoms with Crippen LogP contribution < -0.4 is 15.8 Å². The molecule has 0 radical (unpaired) electrons. The van der Waals surface area contributed by atoms with Crippen LogP contribution in [-0.2, 0) is 10.0 Å². The van der Waals surface area contributed by atoms with Crippen molar-refractivity contribution in [3.05, 3.63) is 10.9 Å². The van der Waals surface area contributed by atoms with Crippen molar-refractivity contribution >= 4 is 43.3 Å². The lowest BCUT2D eigenvalue weighted by atomic mass is 10.3. The maximum atomic E-state index is 10.9. The van der Waals surface area contributed by atoms with Gasteiger partial charge in [0.05, 0.1) is 11.1 Å². The molecule has 0 aliphatic rings. The van der Waals surface area contributed by atoms with Gasteiger partial charge >= 0.3 is 0 Å². The highest BCUT2D eigenvalue weighted by Gasteiger charge is 2.10. The van der Waals surface area contributed by atoms with Gasteiger partial charge in [0, 0.05) is 18.0 Å². The van der Waals surface area contributed by atoms with Gasteiger partial charge in [-0.3, -0.25) is 0 Å². The highest BCUT2D eigenvalue weighted by Crippen LogP contribution is 2.29. The fourth-order valence-electron chi connectivity index (χ4n) is 1.89. The van der Waals surface area contributed by atoms with Crippen LogP contribution in [0.25, 0.3) is 10.2 Å². The predicted octanol–water partition coefficient (Wildman–Crippen LogP) is 1.52. The van der Waals surface area contributed by atoms with Crippen LogP contribution in [0.4, 0.5) is 11.8 Å². The smallest absolute Gasteiger partial charge is 0.226 e. The molecule has 9 heteroatoms. The Kier molecular flexibility index (Phi) is 4.96. The number of nitrogens with zero attached hydrogens (tertiary/aromatic N) is 2. The van der Waals surface area contributed by atoms with Crippen LogP contribution in [0.15, 0.2) is 6.07 Å². The number of nitrogens with one attached hydrogen (secondary N) is 2. The molecule has 0 atom stereocenters. The number of hydrogen-bond acceptors (Lipinski definition) is 7. The summed E-state index contributed by atoms with van der Waals surface area (Å²) in [6, 6.07) is 2.03. The molecule has 21 heavy (non-hydrogen) atoms. The summed E-state index contributed by atoms with van der Waals surface area (Å²) < 4.78 is 21.8. The molecule has 0 saturated carbocycles. The molecule has 2 aromatic rings. The van der Waals surface area contributed by atoms with Crippen molar-refractivity contribution in [2.75, 3.05) is 29.5 Å². The van der Waals surface area contributed by atoms with E-state index in [0.717, 1.165) is 27.5 Å². The Balaban J connectivity index is 2.16. The van der Waals surface area contributed by atoms with Crippen molar-refractivity contribution in [3.63, 3.8) is 0 Å². The first kappa shape index (κ1) is 15.9. The molecule has 0 saturated heterocycles. The summed E-state index contributed by atoms with van der Waals surface area (Å²) in [5.41, 5.74) is 0. The molecule has 116 valence electrons. The maximum absolute atomic E-state index is 10.9. The second kappa shape index (κ2) is 6.54. The third-order valence-corrected chi connectivity index (χ3v) is 4.55. The highest BCUT2D eigenvalue weighted by atomic mass is 32.2. The molecule has 2 rings (SSSR count). The summed E-state index contributed by atoms with van der Waals surface area (Å²) in [6.07, 6.45) is 0.435. The van der Waals surface area contributed by atoms with Crippen molar-refractivity contribution in [1.82, 2.24) is 9.97 Å². The van der Waals surface area contributed by atoms with Gasteiger partial charge in [-0.2, -0.15) is 4.98 Å². The molecule has 0 unspecified atom stereocenters. The van der Waals surface area contributed by atoms with Crippen molar-refractivity contribution in [2.45, 2.75) is 20.3 Å². The van der Waals surface area contributed by atoms with E-state index in [9.17, 15) is 8.42 Å². The molecule has 0 amide bonds. The lowest BCUT2D eigenvalue weighted by molar-refractivity contribution is 0.596. The number of rotatable bonds is 7. The average Bonchev–Trinajstić information content (AvgIpc) is 2.74. The molecule has 0 fully saturated rings. The van der Waals surface area contributed by atoms with E-state index in [-0.39, 0.29) is 5.75 Å². The molecule has 2 heterocycles. The minimum atomic E-state index is -3.42. The van der Waals surface area contributed by atoms with Crippen LogP contribution in [0.1, 0.15) is 18.2 Å². The van der Waals surface area contributed by atoms with Gasteiger partial charge in [0.2, 0.25) is 16.0 Å². The zero-order valence-electron chi connectivity index (χ0n) is 12.0. The molecule has 2 aromatic heterocycles. The van der Waals surface area contributed by atoms with Crippen LogP contribution in [-0.4, -0.2) is 37.2 Å². The second-order valence-electron chi connectivity index (χ2n) is 4.65. The van der Waals surface area contributed by atoms with Crippen LogP contribution in [0.2, 0.25) is 0 Å². The van der Waals surface area contributed by atoms with E-state index in [4.69, 9.17) is 5.14 Å². The molecule has 0 aliphatic heterocycles. The van der Waals surface area contributed by atoms with Gasteiger partial charge in [0.1, 0.15) is 10.6 Å². The summed E-state index contributed by atoms with van der Waals surface area (Å²) in [7, 11) is -3.42. The molecule has 0 aromatic carbocycles. The summed E-state index contributed by atoms with van der Waals surface area (Å²) >= 11 is 1.60. The monoisotopic (exact) mass is 329 g/mol. The van der Waals surface area contributed by atoms with Crippen LogP contribution in [0.5, 0.6) is 0 Å². The minimum Gasteiger partial charge on any atom is -0.369 e. The summed E-state index contributed by atoms with van der Waals surface area (Å²) in [5, 5.41) is 12.2. The Hall–Kier alpha value is -1.45. The van der Waals surface area contributed by atoms with Gasteiger partial charge in [-0.15, -0.1) is 11.3 Å². The third-order valence-electron chi connectivity index (χ3n) is 2.75. The number of aromatic nitrogens is 2. The fraction of sp³-hybridized carbons (Fsp3) is 0.500. The Morgan fingerprint density at radius 1 is 1.33 bits per heavy atom. The SMILES string of the molecule is CCNc1nc(NCCCS(N)(=O)=O)c2cc(C)sc2n1. The first-order chi connectivity index (χ1) is 9.89. The molecular formula is C12H19N5O2S2. The van der Waals surface area contributed by atoms with Gasteiger partial charge < -0.3 is 10.6 Å². The maximum Gasteiger partial charge on any atom is 0.226 e. The number of thiophene rings is 1. The molecule has 0 bridgehead atoms. The van der Waals surface area contributed by atoms with Gasteiger partial charge in [-0.1, -0.05) is 0 Å². The lowest BCUT2D eigenvalue weighted by Gasteiger charge is -2.09. The normalized spacial score (nSPS) is 11.8. The van der Waals surface area contributed by atoms with Gasteiger partial charge in [0.25, 0.3) is 0 Å². The number of aryl methyl sites for hydroxylation is 1. The molecule has 0 spiro atoms. The largest absolute Gasteiger partial charge is 0.369 e. The summed E-state index contributed by atoms with van der Waals surface area (Å²) in [6.45, 7) is 5.22. The third kappa shape index (κ3) is 4.51. The van der Waals surface area contributed by atoms with Gasteiger partial charge in [-0.05, 0) is 26.3 Å². The van der Waals surface area contributed by atoms with Crippen LogP contribution in [0, 0.1) is 6.92 Å².